The van der Waals surface area contributed by atoms with Crippen LogP contribution in [0.5, 0.6) is 0 Å². The molecular weight excluding hydrogens is 264 g/mol. The molecule has 0 saturated carbocycles. The Morgan fingerprint density at radius 1 is 1.29 bits per heavy atom. The van der Waals surface area contributed by atoms with Gasteiger partial charge in [-0.2, -0.15) is 0 Å². The van der Waals surface area contributed by atoms with Gasteiger partial charge in [-0.05, 0) is 19.4 Å². The van der Waals surface area contributed by atoms with Gasteiger partial charge in [0, 0.05) is 25.6 Å². The van der Waals surface area contributed by atoms with E-state index < -0.39 is 0 Å². The van der Waals surface area contributed by atoms with E-state index in [4.69, 9.17) is 4.74 Å². The summed E-state index contributed by atoms with van der Waals surface area (Å²) in [5.74, 6) is 0.429. The summed E-state index contributed by atoms with van der Waals surface area (Å²) < 4.78 is 7.74. The smallest absolute Gasteiger partial charge is 0.0904 e. The van der Waals surface area contributed by atoms with Gasteiger partial charge in [-0.1, -0.05) is 35.0 Å². The topological polar surface area (TPSA) is 52.0 Å². The van der Waals surface area contributed by atoms with Crippen LogP contribution in [0.15, 0.2) is 24.3 Å². The summed E-state index contributed by atoms with van der Waals surface area (Å²) in [6.07, 6.45) is 0. The van der Waals surface area contributed by atoms with Gasteiger partial charge in [0.05, 0.1) is 24.6 Å². The molecule has 0 fully saturated rings. The maximum absolute atomic E-state index is 5.75. The summed E-state index contributed by atoms with van der Waals surface area (Å²) in [6.45, 7) is 8.16. The SMILES string of the molecule is Cc1ccc(CNC[C@H]2COCc3c(C)nnn3C2)cc1. The summed E-state index contributed by atoms with van der Waals surface area (Å²) in [4.78, 5) is 0. The highest BCUT2D eigenvalue weighted by atomic mass is 16.5. The van der Waals surface area contributed by atoms with Crippen molar-refractivity contribution in [2.24, 2.45) is 5.92 Å². The van der Waals surface area contributed by atoms with E-state index in [1.54, 1.807) is 0 Å². The number of ether oxygens (including phenoxy) is 1. The van der Waals surface area contributed by atoms with Gasteiger partial charge in [0.15, 0.2) is 0 Å². The molecule has 1 aromatic carbocycles. The van der Waals surface area contributed by atoms with Crippen molar-refractivity contribution in [1.29, 1.82) is 0 Å². The largest absolute Gasteiger partial charge is 0.375 e. The lowest BCUT2D eigenvalue weighted by atomic mass is 10.1. The third kappa shape index (κ3) is 3.49. The van der Waals surface area contributed by atoms with E-state index in [0.29, 0.717) is 12.5 Å². The van der Waals surface area contributed by atoms with Crippen LogP contribution >= 0.6 is 0 Å². The highest BCUT2D eigenvalue weighted by Gasteiger charge is 2.19. The summed E-state index contributed by atoms with van der Waals surface area (Å²) in [7, 11) is 0. The van der Waals surface area contributed by atoms with E-state index in [0.717, 1.165) is 37.6 Å². The van der Waals surface area contributed by atoms with Crippen molar-refractivity contribution in [3.63, 3.8) is 0 Å². The lowest BCUT2D eigenvalue weighted by Crippen LogP contribution is -2.28. The molecule has 0 spiro atoms. The van der Waals surface area contributed by atoms with Gasteiger partial charge < -0.3 is 10.1 Å². The molecule has 5 nitrogen and oxygen atoms in total. The lowest BCUT2D eigenvalue weighted by Gasteiger charge is -2.15. The molecule has 0 saturated heterocycles. The molecule has 5 heteroatoms. The average Bonchev–Trinajstić information content (AvgIpc) is 2.71. The Balaban J connectivity index is 1.52. The number of aromatic nitrogens is 3. The Hall–Kier alpha value is -1.72. The fourth-order valence-electron chi connectivity index (χ4n) is 2.61. The molecule has 112 valence electrons. The molecule has 0 amide bonds. The van der Waals surface area contributed by atoms with Gasteiger partial charge in [0.25, 0.3) is 0 Å². The predicted molar refractivity (Wildman–Crippen MR) is 80.8 cm³/mol. The monoisotopic (exact) mass is 286 g/mol. The van der Waals surface area contributed by atoms with Crippen LogP contribution in [0.3, 0.4) is 0 Å². The first-order valence-corrected chi connectivity index (χ1v) is 7.45. The summed E-state index contributed by atoms with van der Waals surface area (Å²) in [5.41, 5.74) is 4.69. The Labute approximate surface area is 125 Å². The van der Waals surface area contributed by atoms with Crippen LogP contribution in [-0.2, 0) is 24.4 Å². The first-order valence-electron chi connectivity index (χ1n) is 7.45. The van der Waals surface area contributed by atoms with Crippen LogP contribution in [0, 0.1) is 19.8 Å². The molecule has 1 aromatic heterocycles. The van der Waals surface area contributed by atoms with Gasteiger partial charge in [-0.25, -0.2) is 4.68 Å². The first-order chi connectivity index (χ1) is 10.2. The third-order valence-corrected chi connectivity index (χ3v) is 3.94. The number of nitrogens with zero attached hydrogens (tertiary/aromatic N) is 3. The number of hydrogen-bond donors (Lipinski definition) is 1. The Kier molecular flexibility index (Phi) is 4.31. The minimum atomic E-state index is 0.429. The summed E-state index contributed by atoms with van der Waals surface area (Å²) >= 11 is 0. The fourth-order valence-corrected chi connectivity index (χ4v) is 2.61. The van der Waals surface area contributed by atoms with E-state index in [2.05, 4.69) is 46.8 Å². The van der Waals surface area contributed by atoms with E-state index in [1.165, 1.54) is 11.1 Å². The number of hydrogen-bond acceptors (Lipinski definition) is 4. The Morgan fingerprint density at radius 2 is 2.10 bits per heavy atom. The molecule has 2 heterocycles. The van der Waals surface area contributed by atoms with Gasteiger partial charge >= 0.3 is 0 Å². The maximum atomic E-state index is 5.75. The predicted octanol–water partition coefficient (Wildman–Crippen LogP) is 1.83. The molecule has 1 N–H and O–H groups in total. The van der Waals surface area contributed by atoms with Crippen molar-refractivity contribution >= 4 is 0 Å². The summed E-state index contributed by atoms with van der Waals surface area (Å²) in [6, 6.07) is 8.64. The minimum Gasteiger partial charge on any atom is -0.375 e. The number of rotatable bonds is 4. The minimum absolute atomic E-state index is 0.429. The molecule has 0 aliphatic carbocycles. The van der Waals surface area contributed by atoms with Crippen molar-refractivity contribution < 1.29 is 4.74 Å². The second-order valence-corrected chi connectivity index (χ2v) is 5.80. The van der Waals surface area contributed by atoms with Crippen molar-refractivity contribution in [3.8, 4) is 0 Å². The maximum Gasteiger partial charge on any atom is 0.0904 e. The quantitative estimate of drug-likeness (QED) is 0.931. The van der Waals surface area contributed by atoms with Gasteiger partial charge in [-0.15, -0.1) is 5.10 Å². The van der Waals surface area contributed by atoms with Crippen LogP contribution < -0.4 is 5.32 Å². The number of fused-ring (bicyclic) bond motifs is 1. The Morgan fingerprint density at radius 3 is 2.90 bits per heavy atom. The van der Waals surface area contributed by atoms with Crippen LogP contribution in [0.1, 0.15) is 22.5 Å². The number of aryl methyl sites for hydroxylation is 2. The molecule has 3 rings (SSSR count). The first kappa shape index (κ1) is 14.2. The van der Waals surface area contributed by atoms with Crippen LogP contribution in [0.2, 0.25) is 0 Å². The molecule has 1 aliphatic rings. The average molecular weight is 286 g/mol. The molecule has 0 radical (unpaired) electrons. The highest BCUT2D eigenvalue weighted by molar-refractivity contribution is 5.21. The third-order valence-electron chi connectivity index (χ3n) is 3.94. The van der Waals surface area contributed by atoms with Crippen molar-refractivity contribution in [1.82, 2.24) is 20.3 Å². The zero-order valence-electron chi connectivity index (χ0n) is 12.7. The van der Waals surface area contributed by atoms with E-state index in [1.807, 2.05) is 11.6 Å². The van der Waals surface area contributed by atoms with Crippen LogP contribution in [-0.4, -0.2) is 28.1 Å². The second kappa shape index (κ2) is 6.37. The van der Waals surface area contributed by atoms with Crippen LogP contribution in [0.4, 0.5) is 0 Å². The number of nitrogens with one attached hydrogen (secondary N) is 1. The lowest BCUT2D eigenvalue weighted by molar-refractivity contribution is 0.0936. The van der Waals surface area contributed by atoms with E-state index >= 15 is 0 Å². The zero-order chi connectivity index (χ0) is 14.7. The van der Waals surface area contributed by atoms with Crippen molar-refractivity contribution in [3.05, 3.63) is 46.8 Å². The van der Waals surface area contributed by atoms with Crippen molar-refractivity contribution in [2.75, 3.05) is 13.2 Å². The molecule has 0 bridgehead atoms. The van der Waals surface area contributed by atoms with Gasteiger partial charge in [0.1, 0.15) is 0 Å². The normalized spacial score (nSPS) is 18.3. The number of benzene rings is 1. The molecule has 0 unspecified atom stereocenters. The standard InChI is InChI=1S/C16H22N4O/c1-12-3-5-14(6-4-12)7-17-8-15-9-20-16(11-21-10-15)13(2)18-19-20/h3-6,15,17H,7-11H2,1-2H3/t15-/m1/s1. The fraction of sp³-hybridized carbons (Fsp3) is 0.500. The highest BCUT2D eigenvalue weighted by Crippen LogP contribution is 2.14. The second-order valence-electron chi connectivity index (χ2n) is 5.80. The molecule has 2 aromatic rings. The molecule has 1 aliphatic heterocycles. The zero-order valence-corrected chi connectivity index (χ0v) is 12.7. The van der Waals surface area contributed by atoms with Gasteiger partial charge in [0.2, 0.25) is 0 Å². The summed E-state index contributed by atoms with van der Waals surface area (Å²) in [5, 5.41) is 11.8. The van der Waals surface area contributed by atoms with Gasteiger partial charge in [-0.3, -0.25) is 0 Å². The van der Waals surface area contributed by atoms with Crippen molar-refractivity contribution in [2.45, 2.75) is 33.5 Å². The Bertz CT molecular complexity index is 591. The molecule has 21 heavy (non-hydrogen) atoms. The molecule has 1 atom stereocenters. The van der Waals surface area contributed by atoms with E-state index in [9.17, 15) is 0 Å². The molecular formula is C16H22N4O. The van der Waals surface area contributed by atoms with E-state index in [-0.39, 0.29) is 0 Å². The van der Waals surface area contributed by atoms with Crippen LogP contribution in [0.25, 0.3) is 0 Å².